The van der Waals surface area contributed by atoms with Crippen molar-refractivity contribution in [1.82, 2.24) is 4.90 Å². The van der Waals surface area contributed by atoms with Crippen molar-refractivity contribution >= 4 is 6.09 Å². The highest BCUT2D eigenvalue weighted by atomic mass is 19.4. The molecule has 0 bridgehead atoms. The molecule has 11 heteroatoms. The van der Waals surface area contributed by atoms with Crippen molar-refractivity contribution in [2.24, 2.45) is 0 Å². The molecule has 0 atom stereocenters. The molecule has 0 radical (unpaired) electrons. The van der Waals surface area contributed by atoms with E-state index in [0.717, 1.165) is 4.90 Å². The highest BCUT2D eigenvalue weighted by molar-refractivity contribution is 5.68. The van der Waals surface area contributed by atoms with E-state index < -0.39 is 31.2 Å². The number of benzene rings is 1. The molecule has 152 valence electrons. The fraction of sp³-hybridized carbons (Fsp3) is 0.562. The van der Waals surface area contributed by atoms with E-state index in [4.69, 9.17) is 4.74 Å². The van der Waals surface area contributed by atoms with Crippen LogP contribution in [0, 0.1) is 0 Å². The van der Waals surface area contributed by atoms with Crippen LogP contribution < -0.4 is 4.74 Å². The average Bonchev–Trinajstić information content (AvgIpc) is 2.57. The first-order valence-corrected chi connectivity index (χ1v) is 7.92. The van der Waals surface area contributed by atoms with Gasteiger partial charge in [0.05, 0.1) is 13.3 Å². The van der Waals surface area contributed by atoms with E-state index in [9.17, 15) is 35.5 Å². The van der Waals surface area contributed by atoms with Gasteiger partial charge < -0.3 is 14.4 Å². The highest BCUT2D eigenvalue weighted by Crippen LogP contribution is 2.36. The van der Waals surface area contributed by atoms with E-state index in [1.165, 1.54) is 0 Å². The molecule has 4 nitrogen and oxygen atoms in total. The van der Waals surface area contributed by atoms with E-state index in [0.29, 0.717) is 16.9 Å². The van der Waals surface area contributed by atoms with Gasteiger partial charge in [0.25, 0.3) is 6.10 Å². The molecule has 1 aliphatic heterocycles. The number of halogens is 7. The van der Waals surface area contributed by atoms with Gasteiger partial charge in [0.15, 0.2) is 0 Å². The third kappa shape index (κ3) is 5.39. The summed E-state index contributed by atoms with van der Waals surface area (Å²) in [4.78, 5) is 12.6. The predicted octanol–water partition coefficient (Wildman–Crippen LogP) is 4.41. The molecule has 0 saturated carbocycles. The SMILES string of the molecule is O=C(OC(C(F)(F)F)C(F)(F)F)N1CCc2c(cccc2OCCCF)C1. The van der Waals surface area contributed by atoms with Gasteiger partial charge >= 0.3 is 18.4 Å². The Labute approximate surface area is 149 Å². The summed E-state index contributed by atoms with van der Waals surface area (Å²) in [6, 6.07) is 4.75. The monoisotopic (exact) mass is 403 g/mol. The van der Waals surface area contributed by atoms with E-state index >= 15 is 0 Å². The number of carbonyl (C=O) groups excluding carboxylic acids is 1. The van der Waals surface area contributed by atoms with E-state index in [2.05, 4.69) is 4.74 Å². The van der Waals surface area contributed by atoms with Crippen LogP contribution in [0.1, 0.15) is 17.5 Å². The third-order valence-corrected chi connectivity index (χ3v) is 3.83. The van der Waals surface area contributed by atoms with Gasteiger partial charge in [-0.15, -0.1) is 0 Å². The molecule has 0 N–H and O–H groups in total. The first-order chi connectivity index (χ1) is 12.5. The molecular formula is C16H16F7NO3. The minimum Gasteiger partial charge on any atom is -0.493 e. The van der Waals surface area contributed by atoms with Crippen LogP contribution in [0.25, 0.3) is 0 Å². The predicted molar refractivity (Wildman–Crippen MR) is 79.0 cm³/mol. The lowest BCUT2D eigenvalue weighted by Gasteiger charge is -2.31. The Morgan fingerprint density at radius 2 is 1.81 bits per heavy atom. The van der Waals surface area contributed by atoms with Crippen molar-refractivity contribution in [2.45, 2.75) is 37.8 Å². The zero-order valence-electron chi connectivity index (χ0n) is 13.9. The Kier molecular flexibility index (Phi) is 6.42. The van der Waals surface area contributed by atoms with Crippen molar-refractivity contribution in [3.05, 3.63) is 29.3 Å². The molecule has 1 heterocycles. The minimum atomic E-state index is -5.76. The van der Waals surface area contributed by atoms with E-state index in [1.807, 2.05) is 0 Å². The zero-order valence-corrected chi connectivity index (χ0v) is 13.9. The lowest BCUT2D eigenvalue weighted by molar-refractivity contribution is -0.308. The molecule has 0 saturated heterocycles. The second-order valence-corrected chi connectivity index (χ2v) is 5.80. The fourth-order valence-corrected chi connectivity index (χ4v) is 2.60. The molecule has 1 aromatic rings. The molecular weight excluding hydrogens is 387 g/mol. The van der Waals surface area contributed by atoms with Crippen molar-refractivity contribution in [3.8, 4) is 5.75 Å². The van der Waals surface area contributed by atoms with Crippen LogP contribution in [0.4, 0.5) is 35.5 Å². The summed E-state index contributed by atoms with van der Waals surface area (Å²) < 4.78 is 96.4. The number of amides is 1. The topological polar surface area (TPSA) is 38.8 Å². The minimum absolute atomic E-state index is 0.123. The Hall–Kier alpha value is -2.20. The standard InChI is InChI=1S/C16H16F7NO3/c17-6-2-8-26-12-4-1-3-10-9-24(7-5-11(10)12)14(25)27-13(15(18,19)20)16(21,22)23/h1,3-4,13H,2,5-9H2. The number of fused-ring (bicyclic) bond motifs is 1. The zero-order chi connectivity index (χ0) is 20.2. The maximum Gasteiger partial charge on any atom is 0.434 e. The molecule has 0 aromatic heterocycles. The Balaban J connectivity index is 2.09. The summed E-state index contributed by atoms with van der Waals surface area (Å²) >= 11 is 0. The number of nitrogens with zero attached hydrogens (tertiary/aromatic N) is 1. The maximum atomic E-state index is 12.5. The number of alkyl halides is 7. The molecule has 1 amide bonds. The number of carbonyl (C=O) groups is 1. The molecule has 0 unspecified atom stereocenters. The van der Waals surface area contributed by atoms with Gasteiger partial charge in [-0.25, -0.2) is 4.79 Å². The highest BCUT2D eigenvalue weighted by Gasteiger charge is 2.60. The fourth-order valence-electron chi connectivity index (χ4n) is 2.60. The normalized spacial score (nSPS) is 14.9. The van der Waals surface area contributed by atoms with Gasteiger partial charge in [-0.3, -0.25) is 4.39 Å². The van der Waals surface area contributed by atoms with Crippen LogP contribution in [0.5, 0.6) is 5.75 Å². The summed E-state index contributed by atoms with van der Waals surface area (Å²) in [5, 5.41) is 0. The van der Waals surface area contributed by atoms with Crippen LogP contribution >= 0.6 is 0 Å². The van der Waals surface area contributed by atoms with Gasteiger partial charge in [0.1, 0.15) is 5.75 Å². The molecule has 27 heavy (non-hydrogen) atoms. The van der Waals surface area contributed by atoms with Gasteiger partial charge in [-0.2, -0.15) is 26.3 Å². The van der Waals surface area contributed by atoms with Crippen LogP contribution in [0.2, 0.25) is 0 Å². The first-order valence-electron chi connectivity index (χ1n) is 7.92. The summed E-state index contributed by atoms with van der Waals surface area (Å²) in [5.74, 6) is 0.442. The van der Waals surface area contributed by atoms with Crippen molar-refractivity contribution in [2.75, 3.05) is 19.8 Å². The molecule has 1 aliphatic rings. The number of hydrogen-bond donors (Lipinski definition) is 0. The maximum absolute atomic E-state index is 12.5. The van der Waals surface area contributed by atoms with Crippen molar-refractivity contribution in [1.29, 1.82) is 0 Å². The van der Waals surface area contributed by atoms with Crippen LogP contribution in [0.15, 0.2) is 18.2 Å². The number of ether oxygens (including phenoxy) is 2. The summed E-state index contributed by atoms with van der Waals surface area (Å²) in [5.41, 5.74) is 1.18. The average molecular weight is 403 g/mol. The number of hydrogen-bond acceptors (Lipinski definition) is 3. The Morgan fingerprint density at radius 1 is 1.15 bits per heavy atom. The largest absolute Gasteiger partial charge is 0.493 e. The van der Waals surface area contributed by atoms with Crippen LogP contribution in [-0.2, 0) is 17.7 Å². The summed E-state index contributed by atoms with van der Waals surface area (Å²) in [7, 11) is 0. The quantitative estimate of drug-likeness (QED) is 0.540. The molecule has 0 aliphatic carbocycles. The van der Waals surface area contributed by atoms with Crippen LogP contribution in [0.3, 0.4) is 0 Å². The molecule has 1 aromatic carbocycles. The summed E-state index contributed by atoms with van der Waals surface area (Å²) in [6.45, 7) is -0.805. The Bertz CT molecular complexity index is 646. The van der Waals surface area contributed by atoms with Crippen molar-refractivity contribution in [3.63, 3.8) is 0 Å². The lowest BCUT2D eigenvalue weighted by atomic mass is 9.99. The van der Waals surface area contributed by atoms with E-state index in [1.54, 1.807) is 18.2 Å². The molecule has 2 rings (SSSR count). The number of rotatable bonds is 5. The summed E-state index contributed by atoms with van der Waals surface area (Å²) in [6.07, 6.45) is -17.1. The van der Waals surface area contributed by atoms with Gasteiger partial charge in [-0.1, -0.05) is 12.1 Å². The second-order valence-electron chi connectivity index (χ2n) is 5.80. The van der Waals surface area contributed by atoms with Gasteiger partial charge in [0, 0.05) is 25.1 Å². The van der Waals surface area contributed by atoms with Gasteiger partial charge in [-0.05, 0) is 18.1 Å². The molecule has 0 fully saturated rings. The van der Waals surface area contributed by atoms with E-state index in [-0.39, 0.29) is 32.5 Å². The second kappa shape index (κ2) is 8.22. The van der Waals surface area contributed by atoms with Crippen molar-refractivity contribution < 1.29 is 45.0 Å². The lowest BCUT2D eigenvalue weighted by Crippen LogP contribution is -2.48. The molecule has 0 spiro atoms. The smallest absolute Gasteiger partial charge is 0.434 e. The first kappa shape index (κ1) is 21.1. The Morgan fingerprint density at radius 3 is 2.41 bits per heavy atom. The van der Waals surface area contributed by atoms with Gasteiger partial charge in [0.2, 0.25) is 0 Å². The third-order valence-electron chi connectivity index (χ3n) is 3.83. The van der Waals surface area contributed by atoms with Crippen LogP contribution in [-0.4, -0.2) is 49.3 Å².